The quantitative estimate of drug-likeness (QED) is 0.811. The molecule has 2 aliphatic heterocycles. The van der Waals surface area contributed by atoms with Crippen molar-refractivity contribution in [3.63, 3.8) is 0 Å². The fraction of sp³-hybridized carbons (Fsp3) is 0.455. The first kappa shape index (κ1) is 18.1. The molecule has 2 atom stereocenters. The molecule has 0 unspecified atom stereocenters. The van der Waals surface area contributed by atoms with Crippen molar-refractivity contribution >= 4 is 0 Å². The molecule has 0 aliphatic carbocycles. The Bertz CT molecular complexity index is 776. The second-order valence-corrected chi connectivity index (χ2v) is 7.58. The van der Waals surface area contributed by atoms with Crippen molar-refractivity contribution in [1.29, 1.82) is 0 Å². The summed E-state index contributed by atoms with van der Waals surface area (Å²) in [6.45, 7) is 4.28. The van der Waals surface area contributed by atoms with Gasteiger partial charge in [0, 0.05) is 31.6 Å². The van der Waals surface area contributed by atoms with Crippen LogP contribution >= 0.6 is 0 Å². The molecule has 0 N–H and O–H groups in total. The van der Waals surface area contributed by atoms with Crippen LogP contribution in [0.15, 0.2) is 42.5 Å². The van der Waals surface area contributed by atoms with Crippen LogP contribution in [0.25, 0.3) is 0 Å². The Morgan fingerprint density at radius 2 is 1.74 bits per heavy atom. The minimum Gasteiger partial charge on any atom is -0.497 e. The summed E-state index contributed by atoms with van der Waals surface area (Å²) in [5, 5.41) is 0. The van der Waals surface area contributed by atoms with Crippen LogP contribution < -0.4 is 14.2 Å². The monoisotopic (exact) mass is 368 g/mol. The molecule has 0 amide bonds. The summed E-state index contributed by atoms with van der Waals surface area (Å²) in [4.78, 5) is 4.88. The molecule has 2 aromatic rings. The molecule has 0 saturated carbocycles. The second-order valence-electron chi connectivity index (χ2n) is 7.58. The number of ether oxygens (including phenoxy) is 3. The van der Waals surface area contributed by atoms with E-state index in [1.54, 1.807) is 7.11 Å². The molecule has 0 bridgehead atoms. The average Bonchev–Trinajstić information content (AvgIpc) is 3.12. The molecule has 144 valence electrons. The van der Waals surface area contributed by atoms with Crippen LogP contribution in [-0.4, -0.2) is 63.4 Å². The fourth-order valence-corrected chi connectivity index (χ4v) is 4.14. The Balaban J connectivity index is 1.49. The highest BCUT2D eigenvalue weighted by atomic mass is 16.6. The summed E-state index contributed by atoms with van der Waals surface area (Å²) in [5.74, 6) is 3.12. The molecule has 2 heterocycles. The molecule has 1 saturated heterocycles. The topological polar surface area (TPSA) is 34.2 Å². The number of nitrogens with zero attached hydrogens (tertiary/aromatic N) is 2. The number of likely N-dealkylation sites (N-methyl/N-ethyl adjacent to an activating group) is 1. The Hall–Kier alpha value is -2.24. The molecule has 2 aromatic carbocycles. The maximum atomic E-state index is 5.74. The normalized spacial score (nSPS) is 22.2. The Morgan fingerprint density at radius 3 is 2.44 bits per heavy atom. The molecule has 5 nitrogen and oxygen atoms in total. The van der Waals surface area contributed by atoms with Gasteiger partial charge in [-0.2, -0.15) is 0 Å². The van der Waals surface area contributed by atoms with Crippen LogP contribution in [0.4, 0.5) is 0 Å². The van der Waals surface area contributed by atoms with E-state index in [9.17, 15) is 0 Å². The summed E-state index contributed by atoms with van der Waals surface area (Å²) in [6.07, 6.45) is 0. The molecule has 1 fully saturated rings. The van der Waals surface area contributed by atoms with Gasteiger partial charge in [-0.3, -0.25) is 4.90 Å². The summed E-state index contributed by atoms with van der Waals surface area (Å²) < 4.78 is 16.7. The fourth-order valence-electron chi connectivity index (χ4n) is 4.14. The largest absolute Gasteiger partial charge is 0.497 e. The van der Waals surface area contributed by atoms with E-state index in [1.165, 1.54) is 11.1 Å². The summed E-state index contributed by atoms with van der Waals surface area (Å²) in [6, 6.07) is 15.3. The minimum atomic E-state index is 0.489. The SMILES string of the molecule is COc1ccc([C@@H]2CN(Cc3ccc4c(c3)OCCO4)C[C@H]2N(C)C)cc1. The van der Waals surface area contributed by atoms with Gasteiger partial charge in [0.05, 0.1) is 7.11 Å². The highest BCUT2D eigenvalue weighted by Crippen LogP contribution is 2.34. The number of methoxy groups -OCH3 is 1. The van der Waals surface area contributed by atoms with Crippen LogP contribution in [0.1, 0.15) is 17.0 Å². The lowest BCUT2D eigenvalue weighted by Crippen LogP contribution is -2.34. The van der Waals surface area contributed by atoms with Crippen molar-refractivity contribution in [3.05, 3.63) is 53.6 Å². The first-order chi connectivity index (χ1) is 13.1. The lowest BCUT2D eigenvalue weighted by atomic mass is 9.93. The molecule has 2 aliphatic rings. The van der Waals surface area contributed by atoms with Gasteiger partial charge in [-0.25, -0.2) is 0 Å². The molecule has 0 radical (unpaired) electrons. The van der Waals surface area contributed by atoms with E-state index in [2.05, 4.69) is 60.3 Å². The second kappa shape index (κ2) is 7.79. The van der Waals surface area contributed by atoms with Gasteiger partial charge in [0.2, 0.25) is 0 Å². The van der Waals surface area contributed by atoms with Crippen LogP contribution in [-0.2, 0) is 6.54 Å². The third-order valence-electron chi connectivity index (χ3n) is 5.58. The number of hydrogen-bond donors (Lipinski definition) is 0. The van der Waals surface area contributed by atoms with E-state index in [0.717, 1.165) is 36.9 Å². The van der Waals surface area contributed by atoms with E-state index >= 15 is 0 Å². The zero-order valence-corrected chi connectivity index (χ0v) is 16.4. The van der Waals surface area contributed by atoms with Crippen LogP contribution in [0.2, 0.25) is 0 Å². The molecule has 4 rings (SSSR count). The third kappa shape index (κ3) is 3.89. The van der Waals surface area contributed by atoms with Gasteiger partial charge in [-0.1, -0.05) is 18.2 Å². The average molecular weight is 368 g/mol. The number of hydrogen-bond acceptors (Lipinski definition) is 5. The standard InChI is InChI=1S/C22H28N2O3/c1-23(2)20-15-24(14-19(20)17-5-7-18(25-3)8-6-17)13-16-4-9-21-22(12-16)27-11-10-26-21/h4-9,12,19-20H,10-11,13-15H2,1-3H3/t19-,20+/m0/s1. The Labute approximate surface area is 161 Å². The maximum absolute atomic E-state index is 5.74. The van der Waals surface area contributed by atoms with E-state index in [0.29, 0.717) is 25.2 Å². The maximum Gasteiger partial charge on any atom is 0.161 e. The number of fused-ring (bicyclic) bond motifs is 1. The Morgan fingerprint density at radius 1 is 1.00 bits per heavy atom. The highest BCUT2D eigenvalue weighted by molar-refractivity contribution is 5.44. The predicted octanol–water partition coefficient (Wildman–Crippen LogP) is 3.00. The van der Waals surface area contributed by atoms with Gasteiger partial charge >= 0.3 is 0 Å². The number of benzene rings is 2. The van der Waals surface area contributed by atoms with Crippen molar-refractivity contribution in [2.75, 3.05) is 47.5 Å². The zero-order valence-electron chi connectivity index (χ0n) is 16.4. The smallest absolute Gasteiger partial charge is 0.161 e. The van der Waals surface area contributed by atoms with Gasteiger partial charge in [-0.15, -0.1) is 0 Å². The summed E-state index contributed by atoms with van der Waals surface area (Å²) in [7, 11) is 6.06. The van der Waals surface area contributed by atoms with E-state index in [-0.39, 0.29) is 0 Å². The van der Waals surface area contributed by atoms with Crippen LogP contribution in [0.3, 0.4) is 0 Å². The van der Waals surface area contributed by atoms with E-state index < -0.39 is 0 Å². The minimum absolute atomic E-state index is 0.489. The number of likely N-dealkylation sites (tertiary alicyclic amines) is 1. The van der Waals surface area contributed by atoms with E-state index in [4.69, 9.17) is 14.2 Å². The number of rotatable bonds is 5. The molecule has 0 spiro atoms. The molecular formula is C22H28N2O3. The molecule has 27 heavy (non-hydrogen) atoms. The van der Waals surface area contributed by atoms with Crippen molar-refractivity contribution < 1.29 is 14.2 Å². The summed E-state index contributed by atoms with van der Waals surface area (Å²) >= 11 is 0. The van der Waals surface area contributed by atoms with Crippen molar-refractivity contribution in [2.45, 2.75) is 18.5 Å². The first-order valence-electron chi connectivity index (χ1n) is 9.55. The van der Waals surface area contributed by atoms with Gasteiger partial charge < -0.3 is 19.1 Å². The van der Waals surface area contributed by atoms with Crippen molar-refractivity contribution in [2.24, 2.45) is 0 Å². The lowest BCUT2D eigenvalue weighted by Gasteiger charge is -2.25. The highest BCUT2D eigenvalue weighted by Gasteiger charge is 2.35. The molecular weight excluding hydrogens is 340 g/mol. The van der Waals surface area contributed by atoms with Gasteiger partial charge in [0.1, 0.15) is 19.0 Å². The van der Waals surface area contributed by atoms with Gasteiger partial charge in [-0.05, 0) is 49.5 Å². The van der Waals surface area contributed by atoms with Crippen LogP contribution in [0.5, 0.6) is 17.2 Å². The van der Waals surface area contributed by atoms with Crippen LogP contribution in [0, 0.1) is 0 Å². The van der Waals surface area contributed by atoms with Crippen molar-refractivity contribution in [3.8, 4) is 17.2 Å². The van der Waals surface area contributed by atoms with Crippen molar-refractivity contribution in [1.82, 2.24) is 9.80 Å². The summed E-state index contributed by atoms with van der Waals surface area (Å²) in [5.41, 5.74) is 2.64. The zero-order chi connectivity index (χ0) is 18.8. The first-order valence-corrected chi connectivity index (χ1v) is 9.55. The lowest BCUT2D eigenvalue weighted by molar-refractivity contribution is 0.171. The predicted molar refractivity (Wildman–Crippen MR) is 106 cm³/mol. The molecule has 5 heteroatoms. The molecule has 0 aromatic heterocycles. The third-order valence-corrected chi connectivity index (χ3v) is 5.58. The van der Waals surface area contributed by atoms with Gasteiger partial charge in [0.15, 0.2) is 11.5 Å². The van der Waals surface area contributed by atoms with E-state index in [1.807, 2.05) is 6.07 Å². The Kier molecular flexibility index (Phi) is 5.23. The van der Waals surface area contributed by atoms with Gasteiger partial charge in [0.25, 0.3) is 0 Å².